The Morgan fingerprint density at radius 1 is 0.600 bits per heavy atom. The summed E-state index contributed by atoms with van der Waals surface area (Å²) in [5, 5.41) is 9.26. The van der Waals surface area contributed by atoms with Gasteiger partial charge < -0.3 is 9.66 Å². The summed E-state index contributed by atoms with van der Waals surface area (Å²) < 4.78 is 34.7. The molecule has 0 aliphatic rings. The van der Waals surface area contributed by atoms with Crippen LogP contribution in [0.5, 0.6) is 0 Å². The van der Waals surface area contributed by atoms with Gasteiger partial charge >= 0.3 is 51.4 Å². The zero-order valence-corrected chi connectivity index (χ0v) is 24.3. The van der Waals surface area contributed by atoms with E-state index in [1.54, 1.807) is 0 Å². The first-order chi connectivity index (χ1) is 13.9. The number of unbranched alkanes of at least 4 members (excludes halogenated alkanes) is 14. The van der Waals surface area contributed by atoms with E-state index in [4.69, 9.17) is 0 Å². The molecule has 2 atom stereocenters. The Bertz CT molecular complexity index is 442. The van der Waals surface area contributed by atoms with Gasteiger partial charge in [-0.1, -0.05) is 117 Å². The summed E-state index contributed by atoms with van der Waals surface area (Å²) in [5.74, 6) is 0. The fraction of sp³-hybridized carbons (Fsp3) is 1.00. The predicted molar refractivity (Wildman–Crippen MR) is 123 cm³/mol. The van der Waals surface area contributed by atoms with Crippen LogP contribution in [0.25, 0.3) is 0 Å². The van der Waals surface area contributed by atoms with Gasteiger partial charge in [0, 0.05) is 5.25 Å². The molecule has 176 valence electrons. The van der Waals surface area contributed by atoms with Crippen molar-refractivity contribution in [2.75, 3.05) is 0 Å². The maximum atomic E-state index is 11.6. The largest absolute Gasteiger partial charge is 1.00 e. The number of hydrogen-bond donors (Lipinski definition) is 1. The summed E-state index contributed by atoms with van der Waals surface area (Å²) >= 11 is 0. The third kappa shape index (κ3) is 22.7. The van der Waals surface area contributed by atoms with Crippen molar-refractivity contribution < 1.29 is 69.5 Å². The zero-order valence-electron chi connectivity index (χ0n) is 20.4. The number of aliphatic hydroxyl groups is 1. The van der Waals surface area contributed by atoms with E-state index in [9.17, 15) is 18.1 Å². The summed E-state index contributed by atoms with van der Waals surface area (Å²) in [6.07, 6.45) is 20.5. The molecule has 6 heteroatoms. The molecule has 0 fully saturated rings. The number of rotatable bonds is 22. The van der Waals surface area contributed by atoms with Gasteiger partial charge in [0.05, 0.1) is 16.2 Å². The molecule has 0 saturated heterocycles. The van der Waals surface area contributed by atoms with Crippen LogP contribution in [0.15, 0.2) is 0 Å². The Balaban J connectivity index is 0. The van der Waals surface area contributed by atoms with E-state index in [2.05, 4.69) is 13.8 Å². The van der Waals surface area contributed by atoms with Crippen molar-refractivity contribution in [3.63, 3.8) is 0 Å². The number of aliphatic hydroxyl groups excluding tert-OH is 1. The first-order valence-electron chi connectivity index (χ1n) is 12.5. The van der Waals surface area contributed by atoms with Crippen molar-refractivity contribution in [1.82, 2.24) is 0 Å². The Labute approximate surface area is 230 Å². The molecular formula is C24H49KO4S. The van der Waals surface area contributed by atoms with Crippen LogP contribution < -0.4 is 51.4 Å². The molecule has 0 saturated carbocycles. The second-order valence-corrected chi connectivity index (χ2v) is 10.5. The van der Waals surface area contributed by atoms with Crippen molar-refractivity contribution in [3.05, 3.63) is 0 Å². The van der Waals surface area contributed by atoms with Crippen LogP contribution >= 0.6 is 0 Å². The second kappa shape index (κ2) is 23.7. The quantitative estimate of drug-likeness (QED) is 0.146. The van der Waals surface area contributed by atoms with Gasteiger partial charge in [0.2, 0.25) is 0 Å². The Morgan fingerprint density at radius 3 is 1.37 bits per heavy atom. The minimum atomic E-state index is -4.27. The summed E-state index contributed by atoms with van der Waals surface area (Å²) in [5.41, 5.74) is 0. The summed E-state index contributed by atoms with van der Waals surface area (Å²) in [4.78, 5) is 0. The maximum absolute atomic E-state index is 11.6. The van der Waals surface area contributed by atoms with Crippen LogP contribution in [0.1, 0.15) is 142 Å². The standard InChI is InChI=1S/C24H50O4S.K/c1-3-5-7-9-10-11-12-13-14-16-18-20-24(29(26,27)28)22-21-23(25)19-17-15-8-6-4-2;/h23-25H,3-22H2,1-2H3,(H,26,27,28);/q;+1/p-1. The van der Waals surface area contributed by atoms with E-state index >= 15 is 0 Å². The molecule has 0 bridgehead atoms. The fourth-order valence-electron chi connectivity index (χ4n) is 3.98. The minimum Gasteiger partial charge on any atom is -0.748 e. The van der Waals surface area contributed by atoms with Crippen LogP contribution in [0.3, 0.4) is 0 Å². The van der Waals surface area contributed by atoms with E-state index in [-0.39, 0.29) is 51.4 Å². The van der Waals surface area contributed by atoms with Crippen molar-refractivity contribution >= 4 is 10.1 Å². The van der Waals surface area contributed by atoms with Crippen LogP contribution in [-0.4, -0.2) is 29.4 Å². The van der Waals surface area contributed by atoms with Gasteiger partial charge in [0.1, 0.15) is 0 Å². The Morgan fingerprint density at radius 2 is 0.967 bits per heavy atom. The third-order valence-corrected chi connectivity index (χ3v) is 7.29. The molecule has 0 aromatic heterocycles. The van der Waals surface area contributed by atoms with Crippen LogP contribution in [0.4, 0.5) is 0 Å². The first-order valence-corrected chi connectivity index (χ1v) is 14.0. The first kappa shape index (κ1) is 33.7. The van der Waals surface area contributed by atoms with Crippen LogP contribution in [0, 0.1) is 0 Å². The molecule has 2 unspecified atom stereocenters. The Kier molecular flexibility index (Phi) is 26.6. The molecule has 0 rings (SSSR count). The Hall–Kier alpha value is 1.51. The monoisotopic (exact) mass is 472 g/mol. The van der Waals surface area contributed by atoms with E-state index < -0.39 is 21.5 Å². The summed E-state index contributed by atoms with van der Waals surface area (Å²) in [6, 6.07) is 0. The average Bonchev–Trinajstić information content (AvgIpc) is 2.67. The molecular weight excluding hydrogens is 423 g/mol. The summed E-state index contributed by atoms with van der Waals surface area (Å²) in [6.45, 7) is 4.41. The minimum absolute atomic E-state index is 0. The summed E-state index contributed by atoms with van der Waals surface area (Å²) in [7, 11) is -4.27. The van der Waals surface area contributed by atoms with Gasteiger partial charge in [-0.15, -0.1) is 0 Å². The molecule has 0 aliphatic heterocycles. The van der Waals surface area contributed by atoms with Crippen molar-refractivity contribution in [1.29, 1.82) is 0 Å². The molecule has 0 aliphatic carbocycles. The molecule has 0 aromatic rings. The number of hydrogen-bond acceptors (Lipinski definition) is 4. The topological polar surface area (TPSA) is 77.4 Å². The molecule has 0 heterocycles. The van der Waals surface area contributed by atoms with Crippen molar-refractivity contribution in [3.8, 4) is 0 Å². The van der Waals surface area contributed by atoms with Crippen molar-refractivity contribution in [2.24, 2.45) is 0 Å². The van der Waals surface area contributed by atoms with Gasteiger partial charge in [-0.25, -0.2) is 8.42 Å². The molecule has 30 heavy (non-hydrogen) atoms. The van der Waals surface area contributed by atoms with E-state index in [0.29, 0.717) is 25.7 Å². The van der Waals surface area contributed by atoms with Gasteiger partial charge in [-0.05, 0) is 25.7 Å². The SMILES string of the molecule is CCCCCCCCCCCCCC(CCC(O)CCCCCCC)S(=O)(=O)[O-].[K+]. The van der Waals surface area contributed by atoms with Crippen LogP contribution in [-0.2, 0) is 10.1 Å². The molecule has 0 amide bonds. The molecule has 1 N–H and O–H groups in total. The fourth-order valence-corrected chi connectivity index (χ4v) is 4.86. The van der Waals surface area contributed by atoms with Gasteiger partial charge in [0.15, 0.2) is 0 Å². The second-order valence-electron chi connectivity index (χ2n) is 8.87. The third-order valence-electron chi connectivity index (χ3n) is 6.00. The van der Waals surface area contributed by atoms with E-state index in [1.807, 2.05) is 0 Å². The molecule has 0 radical (unpaired) electrons. The van der Waals surface area contributed by atoms with E-state index in [1.165, 1.54) is 70.6 Å². The van der Waals surface area contributed by atoms with E-state index in [0.717, 1.165) is 32.1 Å². The normalized spacial score (nSPS) is 13.7. The molecule has 0 aromatic carbocycles. The van der Waals surface area contributed by atoms with Gasteiger partial charge in [-0.2, -0.15) is 0 Å². The van der Waals surface area contributed by atoms with Gasteiger partial charge in [-0.3, -0.25) is 0 Å². The van der Waals surface area contributed by atoms with Crippen LogP contribution in [0.2, 0.25) is 0 Å². The smallest absolute Gasteiger partial charge is 0.748 e. The molecule has 0 spiro atoms. The predicted octanol–water partition coefficient (Wildman–Crippen LogP) is 4.11. The zero-order chi connectivity index (χ0) is 21.8. The average molecular weight is 473 g/mol. The molecule has 4 nitrogen and oxygen atoms in total. The van der Waals surface area contributed by atoms with Gasteiger partial charge in [0.25, 0.3) is 0 Å². The van der Waals surface area contributed by atoms with Crippen molar-refractivity contribution in [2.45, 2.75) is 154 Å². The maximum Gasteiger partial charge on any atom is 1.00 e.